The van der Waals surface area contributed by atoms with Crippen molar-refractivity contribution in [3.63, 3.8) is 0 Å². The minimum absolute atomic E-state index is 0.345. The fraction of sp³-hybridized carbons (Fsp3) is 0.400. The molecule has 3 aromatic rings. The lowest BCUT2D eigenvalue weighted by molar-refractivity contribution is 0.211. The molecule has 0 aliphatic carbocycles. The molecule has 0 radical (unpaired) electrons. The first-order valence-electron chi connectivity index (χ1n) is 9.38. The van der Waals surface area contributed by atoms with Gasteiger partial charge >= 0.3 is 0 Å². The van der Waals surface area contributed by atoms with Gasteiger partial charge in [-0.05, 0) is 49.9 Å². The van der Waals surface area contributed by atoms with Crippen LogP contribution in [-0.2, 0) is 6.54 Å². The lowest BCUT2D eigenvalue weighted by Gasteiger charge is -2.32. The second-order valence-corrected chi connectivity index (χ2v) is 7.27. The molecule has 4 rings (SSSR count). The number of nitrogens with two attached hydrogens (primary N) is 1. The number of aromatic nitrogens is 4. The summed E-state index contributed by atoms with van der Waals surface area (Å²) in [6, 6.07) is 6.47. The van der Waals surface area contributed by atoms with E-state index in [0.29, 0.717) is 23.5 Å². The summed E-state index contributed by atoms with van der Waals surface area (Å²) in [6.45, 7) is 7.00. The number of likely N-dealkylation sites (tertiary alicyclic amines) is 1. The molecule has 3 aromatic heterocycles. The maximum Gasteiger partial charge on any atom is 0.226 e. The van der Waals surface area contributed by atoms with Crippen molar-refractivity contribution < 1.29 is 0 Å². The molecule has 1 fully saturated rings. The van der Waals surface area contributed by atoms with Crippen molar-refractivity contribution in [1.82, 2.24) is 24.8 Å². The van der Waals surface area contributed by atoms with Crippen molar-refractivity contribution in [2.24, 2.45) is 0 Å². The molecular weight excluding hydrogens is 338 g/mol. The highest BCUT2D eigenvalue weighted by molar-refractivity contribution is 5.89. The number of fused-ring (bicyclic) bond motifs is 1. The van der Waals surface area contributed by atoms with Gasteiger partial charge in [-0.1, -0.05) is 6.07 Å². The zero-order valence-electron chi connectivity index (χ0n) is 15.8. The lowest BCUT2D eigenvalue weighted by atomic mass is 10.0. The van der Waals surface area contributed by atoms with E-state index >= 15 is 0 Å². The summed E-state index contributed by atoms with van der Waals surface area (Å²) in [5.41, 5.74) is 10.1. The Labute approximate surface area is 159 Å². The monoisotopic (exact) mass is 363 g/mol. The summed E-state index contributed by atoms with van der Waals surface area (Å²) in [4.78, 5) is 20.2. The Balaban J connectivity index is 1.42. The van der Waals surface area contributed by atoms with E-state index in [1.165, 1.54) is 5.56 Å². The van der Waals surface area contributed by atoms with Gasteiger partial charge in [0, 0.05) is 43.8 Å². The number of nitrogens with one attached hydrogen (secondary N) is 1. The number of pyridine rings is 2. The largest absolute Gasteiger partial charge is 0.383 e. The van der Waals surface area contributed by atoms with Crippen LogP contribution in [0.3, 0.4) is 0 Å². The predicted octanol–water partition coefficient (Wildman–Crippen LogP) is 2.70. The molecule has 0 saturated carbocycles. The topological polar surface area (TPSA) is 92.8 Å². The first-order valence-corrected chi connectivity index (χ1v) is 9.38. The van der Waals surface area contributed by atoms with Gasteiger partial charge in [-0.2, -0.15) is 9.97 Å². The predicted molar refractivity (Wildman–Crippen MR) is 107 cm³/mol. The van der Waals surface area contributed by atoms with E-state index in [0.717, 1.165) is 49.1 Å². The maximum absolute atomic E-state index is 6.18. The maximum atomic E-state index is 6.18. The number of hydrogen-bond donors (Lipinski definition) is 2. The van der Waals surface area contributed by atoms with Crippen molar-refractivity contribution in [1.29, 1.82) is 0 Å². The number of hydrogen-bond acceptors (Lipinski definition) is 7. The Hall–Kier alpha value is -2.80. The van der Waals surface area contributed by atoms with Gasteiger partial charge in [-0.3, -0.25) is 9.88 Å². The SMILES string of the molecule is Cc1cc(C)c2c(N)nc(NC3CCN(Cc4cccnc4)CC3)nc2n1. The summed E-state index contributed by atoms with van der Waals surface area (Å²) < 4.78 is 0. The number of piperidine rings is 1. The number of rotatable bonds is 4. The molecule has 0 bridgehead atoms. The van der Waals surface area contributed by atoms with Gasteiger partial charge in [0.2, 0.25) is 5.95 Å². The lowest BCUT2D eigenvalue weighted by Crippen LogP contribution is -2.39. The summed E-state index contributed by atoms with van der Waals surface area (Å²) in [6.07, 6.45) is 5.84. The van der Waals surface area contributed by atoms with Gasteiger partial charge in [0.15, 0.2) is 5.65 Å². The van der Waals surface area contributed by atoms with E-state index in [2.05, 4.69) is 36.2 Å². The fourth-order valence-corrected chi connectivity index (χ4v) is 3.74. The third-order valence-corrected chi connectivity index (χ3v) is 5.07. The van der Waals surface area contributed by atoms with Crippen LogP contribution in [0.4, 0.5) is 11.8 Å². The smallest absolute Gasteiger partial charge is 0.226 e. The van der Waals surface area contributed by atoms with Crippen LogP contribution < -0.4 is 11.1 Å². The molecule has 7 heteroatoms. The van der Waals surface area contributed by atoms with E-state index in [-0.39, 0.29) is 0 Å². The van der Waals surface area contributed by atoms with Gasteiger partial charge in [0.05, 0.1) is 5.39 Å². The van der Waals surface area contributed by atoms with Gasteiger partial charge < -0.3 is 11.1 Å². The molecule has 1 aliphatic heterocycles. The van der Waals surface area contributed by atoms with Crippen LogP contribution in [0.5, 0.6) is 0 Å². The number of nitrogen functional groups attached to an aromatic ring is 1. The van der Waals surface area contributed by atoms with Crippen LogP contribution in [0.25, 0.3) is 11.0 Å². The molecule has 1 aliphatic rings. The summed E-state index contributed by atoms with van der Waals surface area (Å²) in [5, 5.41) is 4.30. The van der Waals surface area contributed by atoms with Gasteiger partial charge in [0.1, 0.15) is 5.82 Å². The summed E-state index contributed by atoms with van der Waals surface area (Å²) >= 11 is 0. The Morgan fingerprint density at radius 2 is 2.00 bits per heavy atom. The number of anilines is 2. The molecular formula is C20H25N7. The highest BCUT2D eigenvalue weighted by atomic mass is 15.2. The second-order valence-electron chi connectivity index (χ2n) is 7.27. The van der Waals surface area contributed by atoms with Crippen LogP contribution in [-0.4, -0.2) is 44.0 Å². The zero-order chi connectivity index (χ0) is 18.8. The first-order chi connectivity index (χ1) is 13.1. The third-order valence-electron chi connectivity index (χ3n) is 5.07. The van der Waals surface area contributed by atoms with E-state index in [9.17, 15) is 0 Å². The molecule has 0 unspecified atom stereocenters. The molecule has 0 amide bonds. The first kappa shape index (κ1) is 17.6. The van der Waals surface area contributed by atoms with Gasteiger partial charge in [0.25, 0.3) is 0 Å². The Kier molecular flexibility index (Phi) is 4.85. The van der Waals surface area contributed by atoms with Gasteiger partial charge in [-0.15, -0.1) is 0 Å². The second kappa shape index (κ2) is 7.44. The molecule has 0 spiro atoms. The number of aryl methyl sites for hydroxylation is 2. The zero-order valence-corrected chi connectivity index (χ0v) is 15.8. The van der Waals surface area contributed by atoms with E-state index in [1.54, 1.807) is 0 Å². The average Bonchev–Trinajstić information content (AvgIpc) is 2.63. The third kappa shape index (κ3) is 3.98. The highest BCUT2D eigenvalue weighted by Gasteiger charge is 2.20. The molecule has 7 nitrogen and oxygen atoms in total. The van der Waals surface area contributed by atoms with Crippen molar-refractivity contribution >= 4 is 22.8 Å². The van der Waals surface area contributed by atoms with E-state index in [1.807, 2.05) is 38.4 Å². The van der Waals surface area contributed by atoms with Crippen molar-refractivity contribution in [3.05, 3.63) is 47.4 Å². The molecule has 1 saturated heterocycles. The molecule has 3 N–H and O–H groups in total. The quantitative estimate of drug-likeness (QED) is 0.736. The van der Waals surface area contributed by atoms with Crippen LogP contribution >= 0.6 is 0 Å². The molecule has 27 heavy (non-hydrogen) atoms. The highest BCUT2D eigenvalue weighted by Crippen LogP contribution is 2.24. The molecule has 4 heterocycles. The van der Waals surface area contributed by atoms with E-state index < -0.39 is 0 Å². The summed E-state index contributed by atoms with van der Waals surface area (Å²) in [7, 11) is 0. The van der Waals surface area contributed by atoms with E-state index in [4.69, 9.17) is 5.73 Å². The minimum Gasteiger partial charge on any atom is -0.383 e. The van der Waals surface area contributed by atoms with Crippen LogP contribution in [0.2, 0.25) is 0 Å². The molecule has 0 aromatic carbocycles. The molecule has 140 valence electrons. The van der Waals surface area contributed by atoms with Crippen molar-refractivity contribution in [3.8, 4) is 0 Å². The van der Waals surface area contributed by atoms with Crippen molar-refractivity contribution in [2.45, 2.75) is 39.3 Å². The van der Waals surface area contributed by atoms with Gasteiger partial charge in [-0.25, -0.2) is 4.98 Å². The Morgan fingerprint density at radius 1 is 1.19 bits per heavy atom. The fourth-order valence-electron chi connectivity index (χ4n) is 3.74. The average molecular weight is 363 g/mol. The standard InChI is InChI=1S/C20H25N7/c1-13-10-14(2)23-19-17(13)18(21)25-20(26-19)24-16-5-8-27(9-6-16)12-15-4-3-7-22-11-15/h3-4,7,10-11,16H,5-6,8-9,12H2,1-2H3,(H3,21,23,24,25,26). The molecule has 0 atom stereocenters. The minimum atomic E-state index is 0.345. The summed E-state index contributed by atoms with van der Waals surface area (Å²) in [5.74, 6) is 1.06. The van der Waals surface area contributed by atoms with Crippen LogP contribution in [0.15, 0.2) is 30.6 Å². The number of nitrogens with zero attached hydrogens (tertiary/aromatic N) is 5. The van der Waals surface area contributed by atoms with Crippen LogP contribution in [0, 0.1) is 13.8 Å². The Morgan fingerprint density at radius 3 is 2.74 bits per heavy atom. The Bertz CT molecular complexity index is 934. The van der Waals surface area contributed by atoms with Crippen molar-refractivity contribution in [2.75, 3.05) is 24.1 Å². The normalized spacial score (nSPS) is 15.9. The van der Waals surface area contributed by atoms with Crippen LogP contribution in [0.1, 0.15) is 29.7 Å².